The van der Waals surface area contributed by atoms with Gasteiger partial charge in [-0.1, -0.05) is 37.1 Å². The Morgan fingerprint density at radius 2 is 2.15 bits per heavy atom. The molecule has 108 valence electrons. The molecule has 0 saturated carbocycles. The Kier molecular flexibility index (Phi) is 4.32. The molecule has 4 nitrogen and oxygen atoms in total. The van der Waals surface area contributed by atoms with E-state index >= 15 is 0 Å². The normalized spacial score (nSPS) is 12.4. The third-order valence-electron chi connectivity index (χ3n) is 3.54. The third kappa shape index (κ3) is 2.64. The van der Waals surface area contributed by atoms with Gasteiger partial charge in [0.25, 0.3) is 0 Å². The zero-order valence-electron chi connectivity index (χ0n) is 12.6. The first-order valence-corrected chi connectivity index (χ1v) is 6.98. The summed E-state index contributed by atoms with van der Waals surface area (Å²) in [6.07, 6.45) is 2.13. The van der Waals surface area contributed by atoms with Crippen LogP contribution in [0.4, 0.5) is 5.82 Å². The summed E-state index contributed by atoms with van der Waals surface area (Å²) in [5, 5.41) is 3.95. The van der Waals surface area contributed by atoms with Crippen LogP contribution in [0, 0.1) is 6.92 Å². The second-order valence-electron chi connectivity index (χ2n) is 5.20. The average molecular weight is 274 g/mol. The van der Waals surface area contributed by atoms with Gasteiger partial charge < -0.3 is 15.0 Å². The SMILES string of the molecule is CCCC(C)c1onc(N)c1-c1cc(C)ccc1OC. The predicted molar refractivity (Wildman–Crippen MR) is 81.0 cm³/mol. The number of ether oxygens (including phenoxy) is 1. The van der Waals surface area contributed by atoms with Gasteiger partial charge in [0, 0.05) is 11.5 Å². The average Bonchev–Trinajstić information content (AvgIpc) is 2.80. The van der Waals surface area contributed by atoms with E-state index in [0.29, 0.717) is 5.82 Å². The van der Waals surface area contributed by atoms with Crippen molar-refractivity contribution in [1.82, 2.24) is 5.16 Å². The molecule has 1 heterocycles. The highest BCUT2D eigenvalue weighted by Crippen LogP contribution is 2.40. The van der Waals surface area contributed by atoms with E-state index in [0.717, 1.165) is 41.0 Å². The zero-order chi connectivity index (χ0) is 14.7. The molecule has 0 aliphatic rings. The van der Waals surface area contributed by atoms with Crippen LogP contribution in [0.15, 0.2) is 22.7 Å². The van der Waals surface area contributed by atoms with Gasteiger partial charge in [0.1, 0.15) is 11.5 Å². The van der Waals surface area contributed by atoms with Gasteiger partial charge in [-0.2, -0.15) is 0 Å². The van der Waals surface area contributed by atoms with Crippen LogP contribution in [-0.4, -0.2) is 12.3 Å². The first kappa shape index (κ1) is 14.4. The minimum absolute atomic E-state index is 0.282. The lowest BCUT2D eigenvalue weighted by atomic mass is 9.94. The van der Waals surface area contributed by atoms with E-state index < -0.39 is 0 Å². The van der Waals surface area contributed by atoms with Crippen molar-refractivity contribution in [2.24, 2.45) is 0 Å². The number of methoxy groups -OCH3 is 1. The number of nitrogen functional groups attached to an aromatic ring is 1. The molecule has 1 unspecified atom stereocenters. The lowest BCUT2D eigenvalue weighted by molar-refractivity contribution is 0.362. The maximum atomic E-state index is 6.02. The summed E-state index contributed by atoms with van der Waals surface area (Å²) >= 11 is 0. The standard InChI is InChI=1S/C16H22N2O2/c1-5-6-11(3)15-14(16(17)18-20-15)12-9-10(2)7-8-13(12)19-4/h7-9,11H,5-6H2,1-4H3,(H2,17,18). The number of aryl methyl sites for hydroxylation is 1. The van der Waals surface area contributed by atoms with Gasteiger partial charge in [0.2, 0.25) is 0 Å². The monoisotopic (exact) mass is 274 g/mol. The molecule has 0 bridgehead atoms. The van der Waals surface area contributed by atoms with Crippen LogP contribution < -0.4 is 10.5 Å². The van der Waals surface area contributed by atoms with Crippen molar-refractivity contribution in [3.8, 4) is 16.9 Å². The molecule has 1 aromatic heterocycles. The van der Waals surface area contributed by atoms with Crippen molar-refractivity contribution in [2.75, 3.05) is 12.8 Å². The summed E-state index contributed by atoms with van der Waals surface area (Å²) in [6, 6.07) is 6.02. The summed E-state index contributed by atoms with van der Waals surface area (Å²) in [6.45, 7) is 6.33. The van der Waals surface area contributed by atoms with Gasteiger partial charge in [-0.05, 0) is 25.5 Å². The van der Waals surface area contributed by atoms with Crippen LogP contribution >= 0.6 is 0 Å². The highest BCUT2D eigenvalue weighted by atomic mass is 16.5. The highest BCUT2D eigenvalue weighted by molar-refractivity contribution is 5.80. The topological polar surface area (TPSA) is 61.3 Å². The van der Waals surface area contributed by atoms with E-state index in [1.165, 1.54) is 0 Å². The van der Waals surface area contributed by atoms with Gasteiger partial charge in [-0.3, -0.25) is 0 Å². The molecule has 0 radical (unpaired) electrons. The minimum Gasteiger partial charge on any atom is -0.496 e. The van der Waals surface area contributed by atoms with Crippen LogP contribution in [0.5, 0.6) is 5.75 Å². The zero-order valence-corrected chi connectivity index (χ0v) is 12.6. The highest BCUT2D eigenvalue weighted by Gasteiger charge is 2.23. The fourth-order valence-corrected chi connectivity index (χ4v) is 2.50. The predicted octanol–water partition coefficient (Wildman–Crippen LogP) is 4.14. The fourth-order valence-electron chi connectivity index (χ4n) is 2.50. The molecule has 0 aliphatic carbocycles. The Hall–Kier alpha value is -1.97. The molecule has 20 heavy (non-hydrogen) atoms. The number of anilines is 1. The Balaban J connectivity index is 2.57. The largest absolute Gasteiger partial charge is 0.496 e. The Morgan fingerprint density at radius 3 is 2.80 bits per heavy atom. The number of aromatic nitrogens is 1. The fraction of sp³-hybridized carbons (Fsp3) is 0.438. The quantitative estimate of drug-likeness (QED) is 0.890. The molecule has 0 saturated heterocycles. The molecular weight excluding hydrogens is 252 g/mol. The molecule has 2 aromatic rings. The van der Waals surface area contributed by atoms with Crippen LogP contribution in [-0.2, 0) is 0 Å². The molecule has 0 amide bonds. The van der Waals surface area contributed by atoms with E-state index in [1.807, 2.05) is 19.1 Å². The molecule has 0 fully saturated rings. The maximum Gasteiger partial charge on any atom is 0.175 e. The smallest absolute Gasteiger partial charge is 0.175 e. The Labute approximate surface area is 119 Å². The molecular formula is C16H22N2O2. The summed E-state index contributed by atoms with van der Waals surface area (Å²) < 4.78 is 10.9. The first-order chi connectivity index (χ1) is 9.58. The van der Waals surface area contributed by atoms with Gasteiger partial charge in [-0.15, -0.1) is 0 Å². The summed E-state index contributed by atoms with van der Waals surface area (Å²) in [4.78, 5) is 0. The van der Waals surface area contributed by atoms with Crippen LogP contribution in [0.3, 0.4) is 0 Å². The molecule has 4 heteroatoms. The first-order valence-electron chi connectivity index (χ1n) is 6.98. The van der Waals surface area contributed by atoms with Crippen LogP contribution in [0.1, 0.15) is 43.9 Å². The molecule has 2 N–H and O–H groups in total. The van der Waals surface area contributed by atoms with Gasteiger partial charge >= 0.3 is 0 Å². The van der Waals surface area contributed by atoms with Crippen molar-refractivity contribution in [3.63, 3.8) is 0 Å². The van der Waals surface area contributed by atoms with Crippen LogP contribution in [0.25, 0.3) is 11.1 Å². The van der Waals surface area contributed by atoms with Crippen molar-refractivity contribution in [2.45, 2.75) is 39.5 Å². The van der Waals surface area contributed by atoms with E-state index in [4.69, 9.17) is 15.0 Å². The molecule has 1 aromatic carbocycles. The maximum absolute atomic E-state index is 6.02. The van der Waals surface area contributed by atoms with E-state index in [2.05, 4.69) is 25.1 Å². The Morgan fingerprint density at radius 1 is 1.40 bits per heavy atom. The summed E-state index contributed by atoms with van der Waals surface area (Å²) in [5.41, 5.74) is 8.98. The molecule has 0 aliphatic heterocycles. The minimum atomic E-state index is 0.282. The van der Waals surface area contributed by atoms with Gasteiger partial charge in [-0.25, -0.2) is 0 Å². The van der Waals surface area contributed by atoms with E-state index in [1.54, 1.807) is 7.11 Å². The van der Waals surface area contributed by atoms with E-state index in [9.17, 15) is 0 Å². The molecule has 2 rings (SSSR count). The lowest BCUT2D eigenvalue weighted by Gasteiger charge is -2.12. The van der Waals surface area contributed by atoms with Crippen molar-refractivity contribution < 1.29 is 9.26 Å². The number of hydrogen-bond acceptors (Lipinski definition) is 4. The van der Waals surface area contributed by atoms with Crippen LogP contribution in [0.2, 0.25) is 0 Å². The number of rotatable bonds is 5. The van der Waals surface area contributed by atoms with Gasteiger partial charge in [0.05, 0.1) is 12.7 Å². The van der Waals surface area contributed by atoms with Crippen molar-refractivity contribution in [3.05, 3.63) is 29.5 Å². The Bertz CT molecular complexity index is 590. The third-order valence-corrected chi connectivity index (χ3v) is 3.54. The number of benzene rings is 1. The lowest BCUT2D eigenvalue weighted by Crippen LogP contribution is -1.97. The summed E-state index contributed by atoms with van der Waals surface area (Å²) in [5.74, 6) is 2.33. The number of hydrogen-bond donors (Lipinski definition) is 1. The number of nitrogens with two attached hydrogens (primary N) is 1. The second kappa shape index (κ2) is 5.99. The molecule has 0 spiro atoms. The van der Waals surface area contributed by atoms with Gasteiger partial charge in [0.15, 0.2) is 5.82 Å². The van der Waals surface area contributed by atoms with E-state index in [-0.39, 0.29) is 5.92 Å². The second-order valence-corrected chi connectivity index (χ2v) is 5.20. The number of nitrogens with zero attached hydrogens (tertiary/aromatic N) is 1. The summed E-state index contributed by atoms with van der Waals surface area (Å²) in [7, 11) is 1.66. The molecule has 1 atom stereocenters. The van der Waals surface area contributed by atoms with Crippen molar-refractivity contribution >= 4 is 5.82 Å². The van der Waals surface area contributed by atoms with Crippen molar-refractivity contribution in [1.29, 1.82) is 0 Å².